The highest BCUT2D eigenvalue weighted by atomic mass is 16.2. The van der Waals surface area contributed by atoms with Gasteiger partial charge in [0.1, 0.15) is 0 Å². The van der Waals surface area contributed by atoms with Crippen molar-refractivity contribution in [2.45, 2.75) is 38.5 Å². The van der Waals surface area contributed by atoms with Crippen molar-refractivity contribution in [3.05, 3.63) is 12.2 Å². The summed E-state index contributed by atoms with van der Waals surface area (Å²) in [5, 5.41) is 0. The maximum atomic E-state index is 11.7. The fourth-order valence-corrected chi connectivity index (χ4v) is 1.96. The Morgan fingerprint density at radius 1 is 1.36 bits per heavy atom. The zero-order valence-corrected chi connectivity index (χ0v) is 8.80. The summed E-state index contributed by atoms with van der Waals surface area (Å²) in [7, 11) is 0. The fraction of sp³-hybridized carbons (Fsp3) is 0.750. The number of amides is 1. The maximum absolute atomic E-state index is 11.7. The minimum absolute atomic E-state index is 0.365. The average Bonchev–Trinajstić information content (AvgIpc) is 2.99. The van der Waals surface area contributed by atoms with Gasteiger partial charge in [0.15, 0.2) is 0 Å². The second-order valence-electron chi connectivity index (χ2n) is 4.61. The van der Waals surface area contributed by atoms with Crippen LogP contribution in [0.25, 0.3) is 0 Å². The maximum Gasteiger partial charge on any atom is 0.222 e. The van der Waals surface area contributed by atoms with E-state index >= 15 is 0 Å². The van der Waals surface area contributed by atoms with Crippen molar-refractivity contribution in [2.75, 3.05) is 13.1 Å². The topological polar surface area (TPSA) is 20.3 Å². The summed E-state index contributed by atoms with van der Waals surface area (Å²) in [6.45, 7) is 5.76. The summed E-state index contributed by atoms with van der Waals surface area (Å²) in [5.41, 5.74) is 1.30. The summed E-state index contributed by atoms with van der Waals surface area (Å²) in [6, 6.07) is 0. The van der Waals surface area contributed by atoms with Crippen LogP contribution in [0, 0.1) is 5.92 Å². The molecule has 0 bridgehead atoms. The molecule has 0 aromatic rings. The van der Waals surface area contributed by atoms with Gasteiger partial charge < -0.3 is 4.90 Å². The van der Waals surface area contributed by atoms with E-state index in [1.165, 1.54) is 18.4 Å². The molecule has 2 heteroatoms. The van der Waals surface area contributed by atoms with Crippen LogP contribution in [0.4, 0.5) is 0 Å². The van der Waals surface area contributed by atoms with Crippen molar-refractivity contribution >= 4 is 5.91 Å². The molecule has 1 aliphatic heterocycles. The normalized spacial score (nSPS) is 22.6. The highest BCUT2D eigenvalue weighted by Crippen LogP contribution is 2.33. The predicted molar refractivity (Wildman–Crippen MR) is 56.9 cm³/mol. The number of carbonyl (C=O) groups excluding carboxylic acids is 1. The Balaban J connectivity index is 1.70. The largest absolute Gasteiger partial charge is 0.342 e. The van der Waals surface area contributed by atoms with E-state index in [2.05, 4.69) is 6.58 Å². The molecule has 78 valence electrons. The van der Waals surface area contributed by atoms with Gasteiger partial charge in [-0.3, -0.25) is 4.79 Å². The van der Waals surface area contributed by atoms with E-state index in [1.807, 2.05) is 4.90 Å². The van der Waals surface area contributed by atoms with Gasteiger partial charge in [0.2, 0.25) is 5.91 Å². The molecule has 14 heavy (non-hydrogen) atoms. The number of hydrogen-bond acceptors (Lipinski definition) is 1. The summed E-state index contributed by atoms with van der Waals surface area (Å²) >= 11 is 0. The first-order valence-corrected chi connectivity index (χ1v) is 5.70. The number of carbonyl (C=O) groups is 1. The lowest BCUT2D eigenvalue weighted by molar-refractivity contribution is -0.131. The predicted octanol–water partition coefficient (Wildman–Crippen LogP) is 2.36. The van der Waals surface area contributed by atoms with Gasteiger partial charge in [0.05, 0.1) is 0 Å². The lowest BCUT2D eigenvalue weighted by Crippen LogP contribution is -2.36. The van der Waals surface area contributed by atoms with Crippen molar-refractivity contribution in [3.63, 3.8) is 0 Å². The molecule has 2 aliphatic rings. The SMILES string of the molecule is C=C1CCN(C(=O)CCC2CC2)CC1. The van der Waals surface area contributed by atoms with Gasteiger partial charge in [-0.15, -0.1) is 0 Å². The van der Waals surface area contributed by atoms with E-state index < -0.39 is 0 Å². The van der Waals surface area contributed by atoms with E-state index in [1.54, 1.807) is 0 Å². The number of rotatable bonds is 3. The van der Waals surface area contributed by atoms with Gasteiger partial charge >= 0.3 is 0 Å². The van der Waals surface area contributed by atoms with Crippen molar-refractivity contribution in [1.82, 2.24) is 4.90 Å². The molecule has 2 nitrogen and oxygen atoms in total. The van der Waals surface area contributed by atoms with Gasteiger partial charge in [-0.05, 0) is 25.2 Å². The van der Waals surface area contributed by atoms with Crippen molar-refractivity contribution < 1.29 is 4.79 Å². The first-order chi connectivity index (χ1) is 6.75. The van der Waals surface area contributed by atoms with Crippen LogP contribution < -0.4 is 0 Å². The molecule has 0 N–H and O–H groups in total. The van der Waals surface area contributed by atoms with Crippen LogP contribution in [-0.2, 0) is 4.79 Å². The minimum atomic E-state index is 0.365. The van der Waals surface area contributed by atoms with E-state index in [0.29, 0.717) is 5.91 Å². The van der Waals surface area contributed by atoms with Gasteiger partial charge in [0, 0.05) is 19.5 Å². The molecule has 1 saturated heterocycles. The second kappa shape index (κ2) is 4.16. The van der Waals surface area contributed by atoms with Crippen molar-refractivity contribution in [1.29, 1.82) is 0 Å². The zero-order chi connectivity index (χ0) is 9.97. The van der Waals surface area contributed by atoms with Gasteiger partial charge in [-0.1, -0.05) is 25.0 Å². The molecule has 0 aromatic carbocycles. The van der Waals surface area contributed by atoms with E-state index in [-0.39, 0.29) is 0 Å². The molecule has 1 saturated carbocycles. The van der Waals surface area contributed by atoms with Crippen LogP contribution in [0.2, 0.25) is 0 Å². The van der Waals surface area contributed by atoms with Crippen LogP contribution in [0.15, 0.2) is 12.2 Å². The standard InChI is InChI=1S/C12H19NO/c1-10-6-8-13(9-7-10)12(14)5-4-11-2-3-11/h11H,1-9H2. The summed E-state index contributed by atoms with van der Waals surface area (Å²) < 4.78 is 0. The lowest BCUT2D eigenvalue weighted by Gasteiger charge is -2.28. The molecule has 2 fully saturated rings. The Labute approximate surface area is 86.0 Å². The fourth-order valence-electron chi connectivity index (χ4n) is 1.96. The summed E-state index contributed by atoms with van der Waals surface area (Å²) in [5.74, 6) is 1.24. The van der Waals surface area contributed by atoms with Crippen LogP contribution in [0.3, 0.4) is 0 Å². The summed E-state index contributed by atoms with van der Waals surface area (Å²) in [6.07, 6.45) is 6.62. The quantitative estimate of drug-likeness (QED) is 0.630. The number of nitrogens with zero attached hydrogens (tertiary/aromatic N) is 1. The van der Waals surface area contributed by atoms with Gasteiger partial charge in [-0.2, -0.15) is 0 Å². The number of likely N-dealkylation sites (tertiary alicyclic amines) is 1. The first kappa shape index (κ1) is 9.75. The van der Waals surface area contributed by atoms with Crippen molar-refractivity contribution in [2.24, 2.45) is 5.92 Å². The van der Waals surface area contributed by atoms with Gasteiger partial charge in [-0.25, -0.2) is 0 Å². The van der Waals surface area contributed by atoms with Crippen LogP contribution in [0.1, 0.15) is 38.5 Å². The molecule has 0 aromatic heterocycles. The van der Waals surface area contributed by atoms with E-state index in [4.69, 9.17) is 0 Å². The molecular formula is C12H19NO. The number of piperidine rings is 1. The zero-order valence-electron chi connectivity index (χ0n) is 8.80. The molecule has 1 heterocycles. The van der Waals surface area contributed by atoms with E-state index in [9.17, 15) is 4.79 Å². The molecular weight excluding hydrogens is 174 g/mol. The number of hydrogen-bond donors (Lipinski definition) is 0. The third kappa shape index (κ3) is 2.60. The highest BCUT2D eigenvalue weighted by Gasteiger charge is 2.24. The molecule has 1 amide bonds. The molecule has 2 rings (SSSR count). The Bertz CT molecular complexity index is 233. The van der Waals surface area contributed by atoms with Gasteiger partial charge in [0.25, 0.3) is 0 Å². The third-order valence-corrected chi connectivity index (χ3v) is 3.29. The smallest absolute Gasteiger partial charge is 0.222 e. The monoisotopic (exact) mass is 193 g/mol. The average molecular weight is 193 g/mol. The molecule has 0 unspecified atom stereocenters. The Morgan fingerprint density at radius 3 is 2.57 bits per heavy atom. The minimum Gasteiger partial charge on any atom is -0.342 e. The van der Waals surface area contributed by atoms with E-state index in [0.717, 1.165) is 44.7 Å². The highest BCUT2D eigenvalue weighted by molar-refractivity contribution is 5.76. The van der Waals surface area contributed by atoms with Crippen LogP contribution in [-0.4, -0.2) is 23.9 Å². The second-order valence-corrected chi connectivity index (χ2v) is 4.61. The molecule has 0 spiro atoms. The summed E-state index contributed by atoms with van der Waals surface area (Å²) in [4.78, 5) is 13.7. The van der Waals surface area contributed by atoms with Crippen LogP contribution in [0.5, 0.6) is 0 Å². The third-order valence-electron chi connectivity index (χ3n) is 3.29. The Morgan fingerprint density at radius 2 is 2.00 bits per heavy atom. The molecule has 0 atom stereocenters. The molecule has 1 aliphatic carbocycles. The lowest BCUT2D eigenvalue weighted by atomic mass is 10.1. The Kier molecular flexibility index (Phi) is 2.90. The van der Waals surface area contributed by atoms with Crippen LogP contribution >= 0.6 is 0 Å². The van der Waals surface area contributed by atoms with Crippen molar-refractivity contribution in [3.8, 4) is 0 Å². The molecule has 0 radical (unpaired) electrons. The Hall–Kier alpha value is -0.790. The first-order valence-electron chi connectivity index (χ1n) is 5.70.